The molecule has 0 saturated heterocycles. The molecule has 1 aliphatic rings. The number of anilines is 1. The third kappa shape index (κ3) is 3.12. The highest BCUT2D eigenvalue weighted by molar-refractivity contribution is 7.20. The number of benzene rings is 1. The quantitative estimate of drug-likeness (QED) is 0.849. The predicted octanol–water partition coefficient (Wildman–Crippen LogP) is 3.30. The van der Waals surface area contributed by atoms with Crippen molar-refractivity contribution in [1.82, 2.24) is 5.32 Å². The third-order valence-corrected chi connectivity index (χ3v) is 4.34. The maximum atomic E-state index is 10.3. The van der Waals surface area contributed by atoms with Gasteiger partial charge in [-0.25, -0.2) is 0 Å². The highest BCUT2D eigenvalue weighted by Gasteiger charge is 2.21. The lowest BCUT2D eigenvalue weighted by Crippen LogP contribution is -2.38. The highest BCUT2D eigenvalue weighted by atomic mass is 35.5. The Morgan fingerprint density at radius 2 is 2.24 bits per heavy atom. The van der Waals surface area contributed by atoms with Crippen molar-refractivity contribution in [2.75, 3.05) is 18.5 Å². The van der Waals surface area contributed by atoms with Gasteiger partial charge in [0, 0.05) is 11.1 Å². The predicted molar refractivity (Wildman–Crippen MR) is 87.5 cm³/mol. The molecule has 2 heterocycles. The lowest BCUT2D eigenvalue weighted by atomic mass is 10.0. The molecule has 0 spiro atoms. The Kier molecular flexibility index (Phi) is 4.28. The number of thiophene rings is 1. The molecule has 1 unspecified atom stereocenters. The van der Waals surface area contributed by atoms with Gasteiger partial charge in [-0.3, -0.25) is 10.3 Å². The fourth-order valence-corrected chi connectivity index (χ4v) is 3.40. The first-order valence-electron chi connectivity index (χ1n) is 6.46. The van der Waals surface area contributed by atoms with E-state index in [0.717, 1.165) is 21.8 Å². The summed E-state index contributed by atoms with van der Waals surface area (Å²) in [4.78, 5) is 15.0. The van der Waals surface area contributed by atoms with Crippen LogP contribution in [-0.4, -0.2) is 25.1 Å². The largest absolute Gasteiger partial charge is 0.359 e. The summed E-state index contributed by atoms with van der Waals surface area (Å²) in [6.07, 6.45) is -0.141. The van der Waals surface area contributed by atoms with E-state index in [4.69, 9.17) is 11.6 Å². The summed E-state index contributed by atoms with van der Waals surface area (Å²) in [7, 11) is 0. The Morgan fingerprint density at radius 3 is 3.00 bits per heavy atom. The van der Waals surface area contributed by atoms with Crippen molar-refractivity contribution in [3.8, 4) is 0 Å². The molecule has 0 aliphatic carbocycles. The van der Waals surface area contributed by atoms with Crippen LogP contribution in [0.1, 0.15) is 11.1 Å². The molecule has 108 valence electrons. The van der Waals surface area contributed by atoms with E-state index in [0.29, 0.717) is 10.9 Å². The second-order valence-electron chi connectivity index (χ2n) is 4.54. The lowest BCUT2D eigenvalue weighted by molar-refractivity contribution is 0.583. The number of fused-ring (bicyclic) bond motifs is 1. The van der Waals surface area contributed by atoms with Crippen LogP contribution in [0.15, 0.2) is 46.6 Å². The van der Waals surface area contributed by atoms with Crippen molar-refractivity contribution < 1.29 is 0 Å². The van der Waals surface area contributed by atoms with E-state index in [2.05, 4.69) is 20.8 Å². The minimum atomic E-state index is -0.141. The van der Waals surface area contributed by atoms with Gasteiger partial charge in [0.25, 0.3) is 0 Å². The number of halogens is 1. The average molecular weight is 321 g/mol. The Hall–Kier alpha value is -1.76. The first kappa shape index (κ1) is 14.2. The van der Waals surface area contributed by atoms with E-state index < -0.39 is 0 Å². The standard InChI is InChI=1S/C14H13ClN4OS/c15-11-6-10-13(9-4-2-1-3-5-9)16-7-12(17-8-18-20)19-14(10)21-11/h1-6,12,17,19H,7-8H2. The van der Waals surface area contributed by atoms with Crippen LogP contribution >= 0.6 is 22.9 Å². The first-order chi connectivity index (χ1) is 10.3. The van der Waals surface area contributed by atoms with E-state index in [1.807, 2.05) is 36.4 Å². The van der Waals surface area contributed by atoms with Gasteiger partial charge < -0.3 is 5.32 Å². The van der Waals surface area contributed by atoms with Crippen molar-refractivity contribution in [3.63, 3.8) is 0 Å². The molecule has 1 atom stereocenters. The molecule has 0 saturated carbocycles. The zero-order chi connectivity index (χ0) is 14.7. The number of nitrogens with one attached hydrogen (secondary N) is 2. The van der Waals surface area contributed by atoms with Crippen LogP contribution in [0.3, 0.4) is 0 Å². The summed E-state index contributed by atoms with van der Waals surface area (Å²) in [5, 5.41) is 10.1. The van der Waals surface area contributed by atoms with Crippen molar-refractivity contribution >= 4 is 33.7 Å². The van der Waals surface area contributed by atoms with E-state index >= 15 is 0 Å². The first-order valence-corrected chi connectivity index (χ1v) is 7.66. The van der Waals surface area contributed by atoms with Crippen LogP contribution in [0.2, 0.25) is 4.34 Å². The third-order valence-electron chi connectivity index (χ3n) is 3.14. The number of hydrogen-bond donors (Lipinski definition) is 2. The lowest BCUT2D eigenvalue weighted by Gasteiger charge is -2.15. The van der Waals surface area contributed by atoms with Crippen molar-refractivity contribution in [2.24, 2.45) is 10.2 Å². The molecule has 3 rings (SSSR count). The molecule has 0 bridgehead atoms. The van der Waals surface area contributed by atoms with Crippen LogP contribution in [0, 0.1) is 4.91 Å². The number of aliphatic imine (C=N–C) groups is 1. The summed E-state index contributed by atoms with van der Waals surface area (Å²) >= 11 is 7.61. The zero-order valence-electron chi connectivity index (χ0n) is 11.0. The summed E-state index contributed by atoms with van der Waals surface area (Å²) in [6.45, 7) is 0.557. The monoisotopic (exact) mass is 320 g/mol. The van der Waals surface area contributed by atoms with Gasteiger partial charge in [0.2, 0.25) is 0 Å². The highest BCUT2D eigenvalue weighted by Crippen LogP contribution is 2.35. The summed E-state index contributed by atoms with van der Waals surface area (Å²) in [5.74, 6) is 0. The van der Waals surface area contributed by atoms with Crippen LogP contribution in [0.5, 0.6) is 0 Å². The Bertz CT molecular complexity index is 671. The van der Waals surface area contributed by atoms with Gasteiger partial charge in [0.15, 0.2) is 0 Å². The van der Waals surface area contributed by atoms with Crippen LogP contribution < -0.4 is 10.6 Å². The van der Waals surface area contributed by atoms with Gasteiger partial charge in [0.05, 0.1) is 22.8 Å². The van der Waals surface area contributed by atoms with E-state index in [1.54, 1.807) is 0 Å². The SMILES string of the molecule is O=NCNC1CN=C(c2ccccc2)c2cc(Cl)sc2N1. The molecule has 21 heavy (non-hydrogen) atoms. The summed E-state index contributed by atoms with van der Waals surface area (Å²) in [5.41, 5.74) is 2.94. The van der Waals surface area contributed by atoms with Gasteiger partial charge in [-0.05, 0) is 6.07 Å². The molecule has 1 aromatic heterocycles. The fraction of sp³-hybridized carbons (Fsp3) is 0.214. The van der Waals surface area contributed by atoms with Crippen LogP contribution in [0.4, 0.5) is 5.00 Å². The topological polar surface area (TPSA) is 65.8 Å². The van der Waals surface area contributed by atoms with Gasteiger partial charge in [0.1, 0.15) is 11.7 Å². The molecular formula is C14H13ClN4OS. The molecule has 0 fully saturated rings. The van der Waals surface area contributed by atoms with Crippen molar-refractivity contribution in [1.29, 1.82) is 0 Å². The minimum Gasteiger partial charge on any atom is -0.359 e. The average Bonchev–Trinajstić information content (AvgIpc) is 2.77. The maximum Gasteiger partial charge on any atom is 0.133 e. The Morgan fingerprint density at radius 1 is 1.43 bits per heavy atom. The molecular weight excluding hydrogens is 308 g/mol. The normalized spacial score (nSPS) is 17.4. The second-order valence-corrected chi connectivity index (χ2v) is 6.22. The summed E-state index contributed by atoms with van der Waals surface area (Å²) in [6, 6.07) is 11.9. The molecule has 1 aliphatic heterocycles. The van der Waals surface area contributed by atoms with Gasteiger partial charge in [-0.15, -0.1) is 16.2 Å². The molecule has 7 heteroatoms. The van der Waals surface area contributed by atoms with E-state index in [1.165, 1.54) is 11.3 Å². The molecule has 0 radical (unpaired) electrons. The second kappa shape index (κ2) is 6.34. The van der Waals surface area contributed by atoms with Gasteiger partial charge in [-0.1, -0.05) is 47.1 Å². The van der Waals surface area contributed by atoms with Crippen molar-refractivity contribution in [2.45, 2.75) is 6.17 Å². The molecule has 2 aromatic rings. The van der Waals surface area contributed by atoms with Crippen LogP contribution in [-0.2, 0) is 0 Å². The molecule has 1 aromatic carbocycles. The van der Waals surface area contributed by atoms with E-state index in [-0.39, 0.29) is 12.8 Å². The smallest absolute Gasteiger partial charge is 0.133 e. The van der Waals surface area contributed by atoms with Crippen molar-refractivity contribution in [3.05, 3.63) is 56.8 Å². The molecule has 5 nitrogen and oxygen atoms in total. The number of rotatable bonds is 4. The number of hydrogen-bond acceptors (Lipinski definition) is 6. The fourth-order valence-electron chi connectivity index (χ4n) is 2.22. The van der Waals surface area contributed by atoms with E-state index in [9.17, 15) is 4.91 Å². The van der Waals surface area contributed by atoms with Gasteiger partial charge >= 0.3 is 0 Å². The number of nitrogens with zero attached hydrogens (tertiary/aromatic N) is 2. The Labute approximate surface area is 131 Å². The number of nitroso groups, excluding NO2 is 1. The van der Waals surface area contributed by atoms with Gasteiger partial charge in [-0.2, -0.15) is 0 Å². The zero-order valence-corrected chi connectivity index (χ0v) is 12.6. The minimum absolute atomic E-state index is 0.0439. The maximum absolute atomic E-state index is 10.3. The van der Waals surface area contributed by atoms with Crippen LogP contribution in [0.25, 0.3) is 0 Å². The Balaban J connectivity index is 1.99. The molecule has 2 N–H and O–H groups in total. The summed E-state index contributed by atoms with van der Waals surface area (Å²) < 4.78 is 0.699. The molecule has 0 amide bonds.